The van der Waals surface area contributed by atoms with Crippen LogP contribution in [0.5, 0.6) is 5.75 Å². The van der Waals surface area contributed by atoms with Gasteiger partial charge in [-0.25, -0.2) is 9.18 Å². The molecule has 6 nitrogen and oxygen atoms in total. The first-order chi connectivity index (χ1) is 15.9. The van der Waals surface area contributed by atoms with Crippen molar-refractivity contribution < 1.29 is 14.3 Å². The summed E-state index contributed by atoms with van der Waals surface area (Å²) in [6, 6.07) is 20.1. The van der Waals surface area contributed by atoms with E-state index in [4.69, 9.17) is 0 Å². The average molecular weight is 443 g/mol. The third kappa shape index (κ3) is 5.33. The number of halogens is 1. The van der Waals surface area contributed by atoms with Gasteiger partial charge in [0, 0.05) is 35.3 Å². The lowest BCUT2D eigenvalue weighted by Crippen LogP contribution is -2.23. The second kappa shape index (κ2) is 9.48. The van der Waals surface area contributed by atoms with E-state index in [1.165, 1.54) is 6.07 Å². The number of amides is 1. The largest absolute Gasteiger partial charge is 0.508 e. The minimum absolute atomic E-state index is 0.0861. The number of nitrogens with one attached hydrogen (secondary N) is 2. The van der Waals surface area contributed by atoms with Crippen LogP contribution >= 0.6 is 0 Å². The number of nitrogens with zero attached hydrogens (tertiary/aromatic N) is 1. The molecule has 1 heterocycles. The van der Waals surface area contributed by atoms with E-state index in [0.29, 0.717) is 34.5 Å². The normalized spacial score (nSPS) is 10.7. The molecule has 4 rings (SSSR count). The van der Waals surface area contributed by atoms with Crippen molar-refractivity contribution in [1.82, 2.24) is 15.3 Å². The Kier molecular flexibility index (Phi) is 6.31. The lowest BCUT2D eigenvalue weighted by molar-refractivity contribution is 0.0950. The number of benzene rings is 3. The Morgan fingerprint density at radius 1 is 1.06 bits per heavy atom. The van der Waals surface area contributed by atoms with E-state index in [1.54, 1.807) is 67.6 Å². The summed E-state index contributed by atoms with van der Waals surface area (Å²) in [4.78, 5) is 31.5. The van der Waals surface area contributed by atoms with Crippen LogP contribution in [0.25, 0.3) is 11.3 Å². The zero-order valence-corrected chi connectivity index (χ0v) is 17.9. The van der Waals surface area contributed by atoms with Crippen molar-refractivity contribution in [3.8, 4) is 17.0 Å². The third-order valence-electron chi connectivity index (χ3n) is 5.27. The van der Waals surface area contributed by atoms with Crippen LogP contribution in [-0.4, -0.2) is 21.0 Å². The second-order valence-corrected chi connectivity index (χ2v) is 7.75. The molecule has 166 valence electrons. The number of aromatic hydroxyl groups is 1. The Bertz CT molecular complexity index is 1380. The quantitative estimate of drug-likeness (QED) is 0.418. The molecular weight excluding hydrogens is 421 g/mol. The van der Waals surface area contributed by atoms with Crippen LogP contribution in [0.15, 0.2) is 77.6 Å². The van der Waals surface area contributed by atoms with Crippen molar-refractivity contribution >= 4 is 5.91 Å². The molecular formula is C26H22FN3O3. The number of H-pyrrole nitrogens is 1. The van der Waals surface area contributed by atoms with Crippen LogP contribution in [0.3, 0.4) is 0 Å². The molecule has 0 aliphatic rings. The minimum Gasteiger partial charge on any atom is -0.508 e. The predicted molar refractivity (Wildman–Crippen MR) is 124 cm³/mol. The summed E-state index contributed by atoms with van der Waals surface area (Å²) >= 11 is 0. The van der Waals surface area contributed by atoms with Crippen molar-refractivity contribution in [2.24, 2.45) is 0 Å². The van der Waals surface area contributed by atoms with Gasteiger partial charge < -0.3 is 15.4 Å². The summed E-state index contributed by atoms with van der Waals surface area (Å²) in [5.74, 6) is -0.509. The van der Waals surface area contributed by atoms with Crippen LogP contribution in [0.1, 0.15) is 32.7 Å². The highest BCUT2D eigenvalue weighted by molar-refractivity contribution is 5.94. The topological polar surface area (TPSA) is 95.1 Å². The lowest BCUT2D eigenvalue weighted by Gasteiger charge is -2.09. The van der Waals surface area contributed by atoms with Gasteiger partial charge in [-0.15, -0.1) is 0 Å². The predicted octanol–water partition coefficient (Wildman–Crippen LogP) is 4.11. The molecule has 33 heavy (non-hydrogen) atoms. The molecule has 0 atom stereocenters. The van der Waals surface area contributed by atoms with Gasteiger partial charge in [-0.2, -0.15) is 4.98 Å². The highest BCUT2D eigenvalue weighted by Gasteiger charge is 2.10. The van der Waals surface area contributed by atoms with E-state index >= 15 is 0 Å². The van der Waals surface area contributed by atoms with E-state index in [1.807, 2.05) is 6.07 Å². The fourth-order valence-electron chi connectivity index (χ4n) is 3.53. The molecule has 0 saturated carbocycles. The molecule has 0 radical (unpaired) electrons. The standard InChI is InChI=1S/C26H22FN3O3/c1-16-11-18(9-10-24(16)31)23-14-21(29-26(33)30-23)13-17-5-4-7-19(12-17)25(32)28-15-20-6-2-3-8-22(20)27/h2-12,14,31H,13,15H2,1H3,(H,28,32)(H,29,30,33). The second-order valence-electron chi connectivity index (χ2n) is 7.75. The average Bonchev–Trinajstić information content (AvgIpc) is 2.80. The van der Waals surface area contributed by atoms with Crippen LogP contribution in [-0.2, 0) is 13.0 Å². The Balaban J connectivity index is 1.52. The molecule has 7 heteroatoms. The number of aryl methyl sites for hydroxylation is 1. The number of aromatic nitrogens is 2. The first kappa shape index (κ1) is 22.0. The van der Waals surface area contributed by atoms with Crippen LogP contribution in [0, 0.1) is 12.7 Å². The van der Waals surface area contributed by atoms with Crippen molar-refractivity contribution in [3.63, 3.8) is 0 Å². The number of aromatic amines is 1. The Morgan fingerprint density at radius 3 is 2.67 bits per heavy atom. The van der Waals surface area contributed by atoms with Crippen molar-refractivity contribution in [3.05, 3.63) is 117 Å². The van der Waals surface area contributed by atoms with E-state index in [2.05, 4.69) is 15.3 Å². The maximum absolute atomic E-state index is 13.8. The van der Waals surface area contributed by atoms with Gasteiger partial charge >= 0.3 is 5.69 Å². The van der Waals surface area contributed by atoms with Gasteiger partial charge in [0.1, 0.15) is 11.6 Å². The first-order valence-corrected chi connectivity index (χ1v) is 10.4. The SMILES string of the molecule is Cc1cc(-c2cc(Cc3cccc(C(=O)NCc4ccccc4F)c3)[nH]c(=O)n2)ccc1O. The smallest absolute Gasteiger partial charge is 0.345 e. The van der Waals surface area contributed by atoms with E-state index < -0.39 is 5.69 Å². The highest BCUT2D eigenvalue weighted by atomic mass is 19.1. The molecule has 1 aromatic heterocycles. The summed E-state index contributed by atoms with van der Waals surface area (Å²) in [6.07, 6.45) is 0.385. The molecule has 0 aliphatic carbocycles. The van der Waals surface area contributed by atoms with Crippen LogP contribution < -0.4 is 11.0 Å². The van der Waals surface area contributed by atoms with Gasteiger partial charge in [0.25, 0.3) is 5.91 Å². The molecule has 0 fully saturated rings. The van der Waals surface area contributed by atoms with Gasteiger partial charge in [-0.1, -0.05) is 30.3 Å². The third-order valence-corrected chi connectivity index (χ3v) is 5.27. The van der Waals surface area contributed by atoms with Crippen LogP contribution in [0.2, 0.25) is 0 Å². The number of hydrogen-bond acceptors (Lipinski definition) is 4. The summed E-state index contributed by atoms with van der Waals surface area (Å²) in [5, 5.41) is 12.5. The van der Waals surface area contributed by atoms with Crippen molar-refractivity contribution in [2.45, 2.75) is 19.9 Å². The van der Waals surface area contributed by atoms with Gasteiger partial charge in [0.2, 0.25) is 0 Å². The number of rotatable bonds is 6. The maximum Gasteiger partial charge on any atom is 0.345 e. The van der Waals surface area contributed by atoms with Gasteiger partial charge in [0.15, 0.2) is 0 Å². The van der Waals surface area contributed by atoms with Gasteiger partial charge in [-0.05, 0) is 60.5 Å². The van der Waals surface area contributed by atoms with Crippen molar-refractivity contribution in [2.75, 3.05) is 0 Å². The van der Waals surface area contributed by atoms with E-state index in [-0.39, 0.29) is 24.0 Å². The molecule has 0 spiro atoms. The zero-order chi connectivity index (χ0) is 23.4. The number of phenolic OH excluding ortho intramolecular Hbond substituents is 1. The lowest BCUT2D eigenvalue weighted by atomic mass is 10.0. The molecule has 0 unspecified atom stereocenters. The number of phenols is 1. The van der Waals surface area contributed by atoms with E-state index in [0.717, 1.165) is 11.1 Å². The molecule has 0 aliphatic heterocycles. The molecule has 3 aromatic carbocycles. The first-order valence-electron chi connectivity index (χ1n) is 10.4. The number of carbonyl (C=O) groups excluding carboxylic acids is 1. The summed E-state index contributed by atoms with van der Waals surface area (Å²) < 4.78 is 13.8. The molecule has 3 N–H and O–H groups in total. The van der Waals surface area contributed by atoms with Crippen molar-refractivity contribution in [1.29, 1.82) is 0 Å². The highest BCUT2D eigenvalue weighted by Crippen LogP contribution is 2.24. The van der Waals surface area contributed by atoms with Gasteiger partial charge in [0.05, 0.1) is 5.69 Å². The fraction of sp³-hybridized carbons (Fsp3) is 0.115. The number of carbonyl (C=O) groups is 1. The van der Waals surface area contributed by atoms with Crippen LogP contribution in [0.4, 0.5) is 4.39 Å². The Morgan fingerprint density at radius 2 is 1.88 bits per heavy atom. The molecule has 1 amide bonds. The molecule has 0 saturated heterocycles. The Labute approximate surface area is 189 Å². The monoisotopic (exact) mass is 443 g/mol. The van der Waals surface area contributed by atoms with Gasteiger partial charge in [-0.3, -0.25) is 4.79 Å². The maximum atomic E-state index is 13.8. The number of hydrogen-bond donors (Lipinski definition) is 3. The zero-order valence-electron chi connectivity index (χ0n) is 17.9. The Hall–Kier alpha value is -4.26. The molecule has 4 aromatic rings. The summed E-state index contributed by atoms with van der Waals surface area (Å²) in [7, 11) is 0. The fourth-order valence-corrected chi connectivity index (χ4v) is 3.53. The van der Waals surface area contributed by atoms with E-state index in [9.17, 15) is 19.1 Å². The minimum atomic E-state index is -0.480. The summed E-state index contributed by atoms with van der Waals surface area (Å²) in [5.41, 5.74) is 3.73. The summed E-state index contributed by atoms with van der Waals surface area (Å²) in [6.45, 7) is 1.86. The molecule has 0 bridgehead atoms.